The Balaban J connectivity index is 1.05. The molecule has 4 aromatic heterocycles. The van der Waals surface area contributed by atoms with E-state index in [1.165, 1.54) is 0 Å². The largest absolute Gasteiger partial charge is 0.377 e. The van der Waals surface area contributed by atoms with Gasteiger partial charge in [0.05, 0.1) is 63.9 Å². The molecule has 0 radical (unpaired) electrons. The first-order valence-corrected chi connectivity index (χ1v) is 22.5. The fourth-order valence-corrected chi connectivity index (χ4v) is 10.1. The number of amides is 2. The van der Waals surface area contributed by atoms with Crippen molar-refractivity contribution in [3.63, 3.8) is 0 Å². The third-order valence-corrected chi connectivity index (χ3v) is 13.8. The standard InChI is InChI=1S/C52H58N8O5/c1-29(2)58-42-25-44-40(23-38(42)52(9,10)50(58)64)54-46(60(44)33(6)34-16-14-13-15-17-34)36-21-31(4)48(62)57(27-36)18-19-65-28-32(5)59-43-24-41-37(51(7,8)49(63)56(41)12)22-39(43)53-45(59)35-20-30(3)47(61)55(11)26-35/h13-17,20-27,29,32-33H,18-19,28H2,1-12H3/t32-,33-/m0/s1. The van der Waals surface area contributed by atoms with Crippen molar-refractivity contribution in [1.82, 2.24) is 28.2 Å². The molecule has 13 nitrogen and oxygen atoms in total. The molecule has 13 heteroatoms. The molecule has 6 heterocycles. The summed E-state index contributed by atoms with van der Waals surface area (Å²) in [6.07, 6.45) is 3.68. The Morgan fingerprint density at radius 1 is 0.662 bits per heavy atom. The Morgan fingerprint density at radius 3 is 1.85 bits per heavy atom. The van der Waals surface area contributed by atoms with E-state index in [0.29, 0.717) is 30.1 Å². The van der Waals surface area contributed by atoms with Crippen molar-refractivity contribution in [3.8, 4) is 22.8 Å². The van der Waals surface area contributed by atoms with E-state index < -0.39 is 10.8 Å². The van der Waals surface area contributed by atoms with Crippen LogP contribution in [0.1, 0.15) is 95.3 Å². The number of anilines is 2. The Hall–Kier alpha value is -6.60. The van der Waals surface area contributed by atoms with E-state index in [1.54, 1.807) is 41.3 Å². The highest BCUT2D eigenvalue weighted by molar-refractivity contribution is 6.10. The van der Waals surface area contributed by atoms with Gasteiger partial charge in [-0.05, 0) is 122 Å². The number of ether oxygens (including phenoxy) is 1. The molecule has 7 aromatic rings. The second-order valence-electron chi connectivity index (χ2n) is 19.5. The molecule has 3 aromatic carbocycles. The molecule has 2 amide bonds. The average molecular weight is 875 g/mol. The number of benzene rings is 3. The molecule has 2 aliphatic heterocycles. The molecule has 0 fully saturated rings. The monoisotopic (exact) mass is 874 g/mol. The number of likely N-dealkylation sites (N-methyl/N-ethyl adjacent to an activating group) is 1. The summed E-state index contributed by atoms with van der Waals surface area (Å²) >= 11 is 0. The molecule has 2 atom stereocenters. The molecule has 336 valence electrons. The van der Waals surface area contributed by atoms with Crippen molar-refractivity contribution in [1.29, 1.82) is 0 Å². The van der Waals surface area contributed by atoms with Gasteiger partial charge in [0.25, 0.3) is 11.1 Å². The maximum absolute atomic E-state index is 13.8. The molecule has 0 spiro atoms. The third-order valence-electron chi connectivity index (χ3n) is 13.8. The molecule has 0 saturated heterocycles. The van der Waals surface area contributed by atoms with Crippen LogP contribution < -0.4 is 20.9 Å². The van der Waals surface area contributed by atoms with Crippen LogP contribution in [0.2, 0.25) is 0 Å². The molecular formula is C52H58N8O5. The van der Waals surface area contributed by atoms with Gasteiger partial charge >= 0.3 is 0 Å². The minimum absolute atomic E-state index is 0.0208. The number of hydrogen-bond acceptors (Lipinski definition) is 7. The Kier molecular flexibility index (Phi) is 10.4. The normalized spacial score (nSPS) is 16.3. The predicted molar refractivity (Wildman–Crippen MR) is 257 cm³/mol. The smallest absolute Gasteiger partial charge is 0.253 e. The van der Waals surface area contributed by atoms with Gasteiger partial charge in [-0.3, -0.25) is 19.2 Å². The topological polar surface area (TPSA) is 129 Å². The van der Waals surface area contributed by atoms with Gasteiger partial charge in [0.2, 0.25) is 11.8 Å². The van der Waals surface area contributed by atoms with E-state index >= 15 is 0 Å². The van der Waals surface area contributed by atoms with Crippen molar-refractivity contribution in [3.05, 3.63) is 128 Å². The highest BCUT2D eigenvalue weighted by Crippen LogP contribution is 2.47. The van der Waals surface area contributed by atoms with Crippen LogP contribution in [0.15, 0.2) is 88.7 Å². The number of aromatic nitrogens is 6. The highest BCUT2D eigenvalue weighted by Gasteiger charge is 2.46. The van der Waals surface area contributed by atoms with Gasteiger partial charge in [0.15, 0.2) is 0 Å². The van der Waals surface area contributed by atoms with Crippen LogP contribution in [0.25, 0.3) is 44.8 Å². The van der Waals surface area contributed by atoms with Gasteiger partial charge in [-0.1, -0.05) is 30.3 Å². The third kappa shape index (κ3) is 6.85. The zero-order valence-corrected chi connectivity index (χ0v) is 39.5. The first-order chi connectivity index (χ1) is 30.7. The summed E-state index contributed by atoms with van der Waals surface area (Å²) in [6, 6.07) is 21.9. The summed E-state index contributed by atoms with van der Waals surface area (Å²) in [6.45, 7) is 20.6. The number of pyridine rings is 2. The highest BCUT2D eigenvalue weighted by atomic mass is 16.5. The Labute approximate surface area is 378 Å². The summed E-state index contributed by atoms with van der Waals surface area (Å²) in [4.78, 5) is 67.6. The molecule has 0 N–H and O–H groups in total. The minimum Gasteiger partial charge on any atom is -0.377 e. The average Bonchev–Trinajstić information content (AvgIpc) is 3.94. The molecule has 0 bridgehead atoms. The van der Waals surface area contributed by atoms with E-state index in [9.17, 15) is 19.2 Å². The number of fused-ring (bicyclic) bond motifs is 4. The Morgan fingerprint density at radius 2 is 1.22 bits per heavy atom. The van der Waals surface area contributed by atoms with Crippen LogP contribution in [-0.2, 0) is 38.7 Å². The summed E-state index contributed by atoms with van der Waals surface area (Å²) in [7, 11) is 3.55. The van der Waals surface area contributed by atoms with Crippen LogP contribution in [0.4, 0.5) is 11.4 Å². The zero-order chi connectivity index (χ0) is 46.6. The number of rotatable bonds is 11. The fraction of sp³-hybridized carbons (Fsp3) is 0.385. The lowest BCUT2D eigenvalue weighted by molar-refractivity contribution is -0.122. The molecule has 0 unspecified atom stereocenters. The van der Waals surface area contributed by atoms with E-state index in [4.69, 9.17) is 14.7 Å². The number of aryl methyl sites for hydroxylation is 3. The summed E-state index contributed by atoms with van der Waals surface area (Å²) < 4.78 is 14.1. The summed E-state index contributed by atoms with van der Waals surface area (Å²) in [5.41, 5.74) is 9.21. The van der Waals surface area contributed by atoms with Crippen molar-refractivity contribution in [2.75, 3.05) is 30.1 Å². The van der Waals surface area contributed by atoms with Crippen LogP contribution in [-0.4, -0.2) is 66.4 Å². The number of nitrogens with zero attached hydrogens (tertiary/aromatic N) is 8. The van der Waals surface area contributed by atoms with Crippen LogP contribution in [0.3, 0.4) is 0 Å². The Bertz CT molecular complexity index is 3200. The van der Waals surface area contributed by atoms with Crippen molar-refractivity contribution in [2.45, 2.75) is 105 Å². The number of imidazole rings is 2. The lowest BCUT2D eigenvalue weighted by Crippen LogP contribution is -2.40. The van der Waals surface area contributed by atoms with Gasteiger partial charge in [0, 0.05) is 67.0 Å². The fourth-order valence-electron chi connectivity index (χ4n) is 10.1. The molecule has 65 heavy (non-hydrogen) atoms. The quantitative estimate of drug-likeness (QED) is 0.120. The lowest BCUT2D eigenvalue weighted by Gasteiger charge is -2.24. The second kappa shape index (κ2) is 15.5. The molecule has 0 saturated carbocycles. The maximum atomic E-state index is 13.8. The first kappa shape index (κ1) is 43.6. The van der Waals surface area contributed by atoms with E-state index in [-0.39, 0.29) is 47.7 Å². The van der Waals surface area contributed by atoms with Crippen LogP contribution in [0, 0.1) is 13.8 Å². The van der Waals surface area contributed by atoms with Gasteiger partial charge in [-0.25, -0.2) is 9.97 Å². The minimum atomic E-state index is -0.703. The predicted octanol–water partition coefficient (Wildman–Crippen LogP) is 8.37. The maximum Gasteiger partial charge on any atom is 0.253 e. The van der Waals surface area contributed by atoms with Gasteiger partial charge in [0.1, 0.15) is 11.6 Å². The number of hydrogen-bond donors (Lipinski definition) is 0. The SMILES string of the molecule is Cc1cc(-c2nc3cc4c(cc3n2[C@@H](C)COCCn2cc(-c3nc5cc6c(cc5n3[C@@H](C)c3ccccc3)N(C(C)C)C(=O)C6(C)C)cc(C)c2=O)N(C)C(=O)C4(C)C)cn(C)c1=O. The summed E-state index contributed by atoms with van der Waals surface area (Å²) in [5, 5.41) is 0. The summed E-state index contributed by atoms with van der Waals surface area (Å²) in [5.74, 6) is 1.52. The zero-order valence-electron chi connectivity index (χ0n) is 39.5. The molecule has 0 aliphatic carbocycles. The number of carbonyl (C=O) groups is 2. The lowest BCUT2D eigenvalue weighted by atomic mass is 9.86. The van der Waals surface area contributed by atoms with Crippen LogP contribution >= 0.6 is 0 Å². The van der Waals surface area contributed by atoms with Crippen molar-refractivity contribution in [2.24, 2.45) is 7.05 Å². The van der Waals surface area contributed by atoms with Crippen LogP contribution in [0.5, 0.6) is 0 Å². The van der Waals surface area contributed by atoms with Gasteiger partial charge in [-0.2, -0.15) is 0 Å². The van der Waals surface area contributed by atoms with Crippen molar-refractivity contribution >= 4 is 45.3 Å². The molecule has 9 rings (SSSR count). The van der Waals surface area contributed by atoms with E-state index in [2.05, 4.69) is 47.2 Å². The number of carbonyl (C=O) groups excluding carboxylic acids is 2. The van der Waals surface area contributed by atoms with E-state index in [1.807, 2.05) is 102 Å². The molecule has 2 aliphatic rings. The van der Waals surface area contributed by atoms with Gasteiger partial charge in [-0.15, -0.1) is 0 Å². The first-order valence-electron chi connectivity index (χ1n) is 22.5. The van der Waals surface area contributed by atoms with Gasteiger partial charge < -0.3 is 32.8 Å². The van der Waals surface area contributed by atoms with Crippen molar-refractivity contribution < 1.29 is 14.3 Å². The van der Waals surface area contributed by atoms with E-state index in [0.717, 1.165) is 67.1 Å². The molecular weight excluding hydrogens is 817 g/mol. The second-order valence-corrected chi connectivity index (χ2v) is 19.5.